The summed E-state index contributed by atoms with van der Waals surface area (Å²) < 4.78 is 37.9. The Morgan fingerprint density at radius 3 is 1.72 bits per heavy atom. The van der Waals surface area contributed by atoms with Crippen molar-refractivity contribution in [2.45, 2.75) is 44.9 Å². The molecule has 0 aliphatic carbocycles. The Morgan fingerprint density at radius 2 is 1.32 bits per heavy atom. The van der Waals surface area contributed by atoms with E-state index in [9.17, 15) is 13.2 Å². The first-order valence-corrected chi connectivity index (χ1v) is 8.55. The molecule has 0 saturated carbocycles. The predicted molar refractivity (Wildman–Crippen MR) is 96.1 cm³/mol. The van der Waals surface area contributed by atoms with E-state index in [4.69, 9.17) is 5.73 Å². The molecule has 0 amide bonds. The zero-order valence-electron chi connectivity index (χ0n) is 14.7. The number of hydrogen-bond donors (Lipinski definition) is 2. The van der Waals surface area contributed by atoms with Crippen LogP contribution in [-0.4, -0.2) is 12.1 Å². The number of nitrogens with two attached hydrogens (primary N) is 1. The van der Waals surface area contributed by atoms with Crippen LogP contribution in [0, 0.1) is 0 Å². The van der Waals surface area contributed by atoms with Crippen LogP contribution in [0.15, 0.2) is 48.5 Å². The fourth-order valence-electron chi connectivity index (χ4n) is 2.82. The average molecular weight is 350 g/mol. The van der Waals surface area contributed by atoms with Crippen molar-refractivity contribution in [2.24, 2.45) is 5.73 Å². The molecule has 0 aliphatic heterocycles. The van der Waals surface area contributed by atoms with Gasteiger partial charge in [-0.15, -0.1) is 0 Å². The fourth-order valence-corrected chi connectivity index (χ4v) is 2.82. The molecule has 0 heterocycles. The number of rotatable bonds is 7. The molecule has 136 valence electrons. The molecular weight excluding hydrogens is 325 g/mol. The summed E-state index contributed by atoms with van der Waals surface area (Å²) in [5.74, 6) is 0. The summed E-state index contributed by atoms with van der Waals surface area (Å²) in [6, 6.07) is 13.1. The summed E-state index contributed by atoms with van der Waals surface area (Å²) in [5, 5.41) is 3.53. The lowest BCUT2D eigenvalue weighted by Gasteiger charge is -2.31. The quantitative estimate of drug-likeness (QED) is 0.739. The Morgan fingerprint density at radius 1 is 0.840 bits per heavy atom. The maximum Gasteiger partial charge on any atom is 0.416 e. The molecule has 0 aliphatic rings. The maximum absolute atomic E-state index is 12.6. The van der Waals surface area contributed by atoms with Crippen LogP contribution in [0.1, 0.15) is 37.8 Å². The normalized spacial score (nSPS) is 12.4. The van der Waals surface area contributed by atoms with Crippen LogP contribution in [0.5, 0.6) is 0 Å². The zero-order valence-corrected chi connectivity index (χ0v) is 14.7. The van der Waals surface area contributed by atoms with Gasteiger partial charge in [-0.2, -0.15) is 13.2 Å². The van der Waals surface area contributed by atoms with Gasteiger partial charge in [0.25, 0.3) is 0 Å². The van der Waals surface area contributed by atoms with E-state index >= 15 is 0 Å². The fraction of sp³-hybridized carbons (Fsp3) is 0.400. The molecule has 0 bridgehead atoms. The van der Waals surface area contributed by atoms with Crippen molar-refractivity contribution in [2.75, 3.05) is 6.54 Å². The van der Waals surface area contributed by atoms with E-state index in [0.29, 0.717) is 13.1 Å². The monoisotopic (exact) mass is 350 g/mol. The van der Waals surface area contributed by atoms with E-state index in [1.165, 1.54) is 12.1 Å². The summed E-state index contributed by atoms with van der Waals surface area (Å²) in [4.78, 5) is 0. The van der Waals surface area contributed by atoms with Crippen LogP contribution >= 0.6 is 0 Å². The molecule has 0 spiro atoms. The van der Waals surface area contributed by atoms with Crippen molar-refractivity contribution in [1.29, 1.82) is 0 Å². The summed E-state index contributed by atoms with van der Waals surface area (Å²) in [6.07, 6.45) is -2.38. The Hall–Kier alpha value is -1.85. The number of benzene rings is 2. The summed E-state index contributed by atoms with van der Waals surface area (Å²) in [5.41, 5.74) is 8.00. The largest absolute Gasteiger partial charge is 0.416 e. The third-order valence-corrected chi connectivity index (χ3v) is 4.91. The van der Waals surface area contributed by atoms with Gasteiger partial charge in [-0.3, -0.25) is 0 Å². The minimum Gasteiger partial charge on any atom is -0.329 e. The highest BCUT2D eigenvalue weighted by atomic mass is 19.4. The molecule has 3 N–H and O–H groups in total. The molecule has 0 aromatic heterocycles. The van der Waals surface area contributed by atoms with Crippen molar-refractivity contribution >= 4 is 0 Å². The van der Waals surface area contributed by atoms with E-state index in [0.717, 1.165) is 41.7 Å². The third-order valence-electron chi connectivity index (χ3n) is 4.91. The summed E-state index contributed by atoms with van der Waals surface area (Å²) in [6.45, 7) is 5.55. The molecule has 2 aromatic rings. The van der Waals surface area contributed by atoms with E-state index in [2.05, 4.69) is 19.2 Å². The van der Waals surface area contributed by atoms with E-state index in [-0.39, 0.29) is 5.54 Å². The lowest BCUT2D eigenvalue weighted by atomic mass is 9.92. The van der Waals surface area contributed by atoms with Gasteiger partial charge in [-0.05, 0) is 41.7 Å². The first-order chi connectivity index (χ1) is 11.8. The smallest absolute Gasteiger partial charge is 0.329 e. The van der Waals surface area contributed by atoms with Crippen LogP contribution in [0.4, 0.5) is 13.2 Å². The number of alkyl halides is 3. The lowest BCUT2D eigenvalue weighted by molar-refractivity contribution is -0.137. The Balaban J connectivity index is 2.07. The number of nitrogens with one attached hydrogen (secondary N) is 1. The van der Waals surface area contributed by atoms with Crippen molar-refractivity contribution in [3.63, 3.8) is 0 Å². The lowest BCUT2D eigenvalue weighted by Crippen LogP contribution is -2.49. The van der Waals surface area contributed by atoms with Crippen LogP contribution in [0.25, 0.3) is 11.1 Å². The molecule has 2 aromatic carbocycles. The molecule has 0 fully saturated rings. The van der Waals surface area contributed by atoms with Gasteiger partial charge in [0, 0.05) is 18.6 Å². The van der Waals surface area contributed by atoms with E-state index in [1.54, 1.807) is 0 Å². The minimum atomic E-state index is -4.30. The van der Waals surface area contributed by atoms with Gasteiger partial charge in [0.15, 0.2) is 0 Å². The zero-order chi connectivity index (χ0) is 18.5. The second-order valence-corrected chi connectivity index (χ2v) is 6.32. The van der Waals surface area contributed by atoms with Gasteiger partial charge in [0.2, 0.25) is 0 Å². The van der Waals surface area contributed by atoms with E-state index < -0.39 is 11.7 Å². The Bertz CT molecular complexity index is 649. The second-order valence-electron chi connectivity index (χ2n) is 6.32. The molecule has 0 unspecified atom stereocenters. The first-order valence-electron chi connectivity index (χ1n) is 8.55. The summed E-state index contributed by atoms with van der Waals surface area (Å²) in [7, 11) is 0. The molecule has 2 nitrogen and oxygen atoms in total. The Labute approximate surface area is 147 Å². The maximum atomic E-state index is 12.6. The van der Waals surface area contributed by atoms with Crippen LogP contribution in [-0.2, 0) is 12.7 Å². The van der Waals surface area contributed by atoms with Gasteiger partial charge in [0.05, 0.1) is 5.56 Å². The molecule has 0 saturated heterocycles. The van der Waals surface area contributed by atoms with E-state index in [1.807, 2.05) is 24.3 Å². The third kappa shape index (κ3) is 4.83. The molecule has 5 heteroatoms. The number of hydrogen-bond acceptors (Lipinski definition) is 2. The van der Waals surface area contributed by atoms with Crippen molar-refractivity contribution in [1.82, 2.24) is 5.32 Å². The predicted octanol–water partition coefficient (Wildman–Crippen LogP) is 4.98. The van der Waals surface area contributed by atoms with Gasteiger partial charge in [0.1, 0.15) is 0 Å². The topological polar surface area (TPSA) is 38.0 Å². The van der Waals surface area contributed by atoms with Gasteiger partial charge in [-0.25, -0.2) is 0 Å². The highest BCUT2D eigenvalue weighted by Gasteiger charge is 2.30. The van der Waals surface area contributed by atoms with Gasteiger partial charge >= 0.3 is 6.18 Å². The molecule has 0 atom stereocenters. The highest BCUT2D eigenvalue weighted by molar-refractivity contribution is 5.64. The molecule has 0 radical (unpaired) electrons. The Kier molecular flexibility index (Phi) is 6.25. The van der Waals surface area contributed by atoms with Crippen molar-refractivity contribution < 1.29 is 13.2 Å². The van der Waals surface area contributed by atoms with Crippen molar-refractivity contribution in [3.05, 3.63) is 59.7 Å². The van der Waals surface area contributed by atoms with Gasteiger partial charge in [-0.1, -0.05) is 50.2 Å². The average Bonchev–Trinajstić information content (AvgIpc) is 2.63. The number of halogens is 3. The first kappa shape index (κ1) is 19.5. The van der Waals surface area contributed by atoms with Crippen LogP contribution < -0.4 is 11.1 Å². The summed E-state index contributed by atoms with van der Waals surface area (Å²) >= 11 is 0. The SMILES string of the molecule is CCC(CC)(CN)NCc1ccc(-c2ccc(C(F)(F)F)cc2)cc1. The standard InChI is InChI=1S/C20H25F3N2/c1-3-19(4-2,14-24)25-13-15-5-7-16(8-6-15)17-9-11-18(12-10-17)20(21,22)23/h5-12,25H,3-4,13-14,24H2,1-2H3. The van der Waals surface area contributed by atoms with Crippen molar-refractivity contribution in [3.8, 4) is 11.1 Å². The molecule has 25 heavy (non-hydrogen) atoms. The molecule has 2 rings (SSSR count). The van der Waals surface area contributed by atoms with Crippen LogP contribution in [0.3, 0.4) is 0 Å². The molecular formula is C20H25F3N2. The van der Waals surface area contributed by atoms with Gasteiger partial charge < -0.3 is 11.1 Å². The highest BCUT2D eigenvalue weighted by Crippen LogP contribution is 2.31. The second kappa shape index (κ2) is 8.02. The minimum absolute atomic E-state index is 0.0495. The van der Waals surface area contributed by atoms with Crippen LogP contribution in [0.2, 0.25) is 0 Å².